The van der Waals surface area contributed by atoms with Crippen molar-refractivity contribution in [3.8, 4) is 0 Å². The van der Waals surface area contributed by atoms with Gasteiger partial charge in [-0.3, -0.25) is 9.52 Å². The van der Waals surface area contributed by atoms with Crippen LogP contribution in [0.2, 0.25) is 10.0 Å². The lowest BCUT2D eigenvalue weighted by atomic mass is 10.0. The van der Waals surface area contributed by atoms with Gasteiger partial charge in [0.05, 0.1) is 15.5 Å². The monoisotopic (exact) mass is 455 g/mol. The largest absolute Gasteiger partial charge is 0.339 e. The molecule has 9 heteroatoms. The SMILES string of the molecule is CN1CCC(N(C)C(=O)c2cc(S(=O)(=O)Nc3ccc(Cl)cc3)ccc2Cl)CC1. The van der Waals surface area contributed by atoms with E-state index in [2.05, 4.69) is 16.7 Å². The number of piperidine rings is 1. The molecule has 1 saturated heterocycles. The van der Waals surface area contributed by atoms with Crippen LogP contribution in [0.3, 0.4) is 0 Å². The summed E-state index contributed by atoms with van der Waals surface area (Å²) in [4.78, 5) is 16.9. The average molecular weight is 456 g/mol. The molecule has 1 N–H and O–H groups in total. The van der Waals surface area contributed by atoms with Crippen molar-refractivity contribution in [1.82, 2.24) is 9.80 Å². The van der Waals surface area contributed by atoms with E-state index < -0.39 is 10.0 Å². The molecule has 0 aliphatic carbocycles. The first-order chi connectivity index (χ1) is 13.7. The molecule has 0 saturated carbocycles. The third-order valence-corrected chi connectivity index (χ3v) is 7.09. The van der Waals surface area contributed by atoms with Gasteiger partial charge in [-0.25, -0.2) is 8.42 Å². The summed E-state index contributed by atoms with van der Waals surface area (Å²) >= 11 is 12.1. The minimum Gasteiger partial charge on any atom is -0.339 e. The van der Waals surface area contributed by atoms with E-state index in [1.807, 2.05) is 0 Å². The molecule has 0 aromatic heterocycles. The molecule has 156 valence electrons. The Morgan fingerprint density at radius 2 is 1.72 bits per heavy atom. The molecule has 0 radical (unpaired) electrons. The topological polar surface area (TPSA) is 69.7 Å². The van der Waals surface area contributed by atoms with E-state index in [4.69, 9.17) is 23.2 Å². The van der Waals surface area contributed by atoms with Crippen molar-refractivity contribution in [3.05, 3.63) is 58.1 Å². The van der Waals surface area contributed by atoms with Gasteiger partial charge in [-0.1, -0.05) is 23.2 Å². The van der Waals surface area contributed by atoms with Crippen LogP contribution in [0.1, 0.15) is 23.2 Å². The van der Waals surface area contributed by atoms with Gasteiger partial charge in [-0.2, -0.15) is 0 Å². The van der Waals surface area contributed by atoms with E-state index in [1.165, 1.54) is 18.2 Å². The van der Waals surface area contributed by atoms with Crippen LogP contribution in [-0.4, -0.2) is 57.4 Å². The molecule has 6 nitrogen and oxygen atoms in total. The molecular formula is C20H23Cl2N3O3S. The molecule has 0 bridgehead atoms. The predicted molar refractivity (Wildman–Crippen MR) is 116 cm³/mol. The summed E-state index contributed by atoms with van der Waals surface area (Å²) in [5, 5.41) is 0.726. The van der Waals surface area contributed by atoms with Crippen LogP contribution in [0.25, 0.3) is 0 Å². The minimum absolute atomic E-state index is 0.0306. The number of benzene rings is 2. The normalized spacial score (nSPS) is 15.9. The number of anilines is 1. The quantitative estimate of drug-likeness (QED) is 0.740. The number of sulfonamides is 1. The third kappa shape index (κ3) is 5.22. The van der Waals surface area contributed by atoms with Gasteiger partial charge in [0, 0.05) is 23.8 Å². The lowest BCUT2D eigenvalue weighted by Crippen LogP contribution is -2.44. The van der Waals surface area contributed by atoms with Crippen LogP contribution >= 0.6 is 23.2 Å². The zero-order chi connectivity index (χ0) is 21.2. The number of amides is 1. The first kappa shape index (κ1) is 21.9. The van der Waals surface area contributed by atoms with Gasteiger partial charge in [-0.05, 0) is 75.4 Å². The van der Waals surface area contributed by atoms with Crippen LogP contribution < -0.4 is 4.72 Å². The highest BCUT2D eigenvalue weighted by atomic mass is 35.5. The fourth-order valence-corrected chi connectivity index (χ4v) is 4.71. The van der Waals surface area contributed by atoms with Crippen molar-refractivity contribution in [2.45, 2.75) is 23.8 Å². The Balaban J connectivity index is 1.83. The molecule has 1 aliphatic heterocycles. The highest BCUT2D eigenvalue weighted by molar-refractivity contribution is 7.92. The molecule has 1 fully saturated rings. The molecule has 0 unspecified atom stereocenters. The number of nitrogens with zero attached hydrogens (tertiary/aromatic N) is 2. The highest BCUT2D eigenvalue weighted by Crippen LogP contribution is 2.26. The lowest BCUT2D eigenvalue weighted by Gasteiger charge is -2.35. The van der Waals surface area contributed by atoms with Crippen LogP contribution in [0.15, 0.2) is 47.4 Å². The number of carbonyl (C=O) groups excluding carboxylic acids is 1. The summed E-state index contributed by atoms with van der Waals surface area (Å²) < 4.78 is 28.0. The van der Waals surface area contributed by atoms with Crippen LogP contribution in [0, 0.1) is 0 Å². The second-order valence-electron chi connectivity index (χ2n) is 7.20. The summed E-state index contributed by atoms with van der Waals surface area (Å²) in [7, 11) is -0.0956. The maximum Gasteiger partial charge on any atom is 0.261 e. The van der Waals surface area contributed by atoms with E-state index in [1.54, 1.807) is 36.2 Å². The summed E-state index contributed by atoms with van der Waals surface area (Å²) in [6.07, 6.45) is 1.74. The van der Waals surface area contributed by atoms with Crippen molar-refractivity contribution in [3.63, 3.8) is 0 Å². The van der Waals surface area contributed by atoms with Crippen molar-refractivity contribution in [2.24, 2.45) is 0 Å². The molecule has 2 aromatic rings. The van der Waals surface area contributed by atoms with Gasteiger partial charge in [-0.15, -0.1) is 0 Å². The van der Waals surface area contributed by atoms with Crippen molar-refractivity contribution >= 4 is 44.8 Å². The molecule has 29 heavy (non-hydrogen) atoms. The second-order valence-corrected chi connectivity index (χ2v) is 9.73. The Kier molecular flexibility index (Phi) is 6.73. The van der Waals surface area contributed by atoms with Crippen molar-refractivity contribution < 1.29 is 13.2 Å². The van der Waals surface area contributed by atoms with E-state index in [-0.39, 0.29) is 27.4 Å². The number of carbonyl (C=O) groups is 1. The maximum absolute atomic E-state index is 13.0. The van der Waals surface area contributed by atoms with Crippen molar-refractivity contribution in [1.29, 1.82) is 0 Å². The second kappa shape index (κ2) is 8.92. The number of halogens is 2. The Hall–Kier alpha value is -1.80. The van der Waals surface area contributed by atoms with E-state index in [0.29, 0.717) is 10.7 Å². The maximum atomic E-state index is 13.0. The van der Waals surface area contributed by atoms with Gasteiger partial charge >= 0.3 is 0 Å². The molecule has 3 rings (SSSR count). The first-order valence-electron chi connectivity index (χ1n) is 9.21. The standard InChI is InChI=1S/C20H23Cl2N3O3S/c1-24-11-9-16(10-12-24)25(2)20(26)18-13-17(7-8-19(18)22)29(27,28)23-15-5-3-14(21)4-6-15/h3-8,13,16,23H,9-12H2,1-2H3. The van der Waals surface area contributed by atoms with Gasteiger partial charge in [0.1, 0.15) is 0 Å². The Morgan fingerprint density at radius 3 is 2.34 bits per heavy atom. The average Bonchev–Trinajstić information content (AvgIpc) is 2.69. The zero-order valence-corrected chi connectivity index (χ0v) is 18.6. The van der Waals surface area contributed by atoms with Gasteiger partial charge in [0.2, 0.25) is 0 Å². The number of likely N-dealkylation sites (tertiary alicyclic amines) is 1. The molecule has 1 aliphatic rings. The first-order valence-corrected chi connectivity index (χ1v) is 11.4. The summed E-state index contributed by atoms with van der Waals surface area (Å²) in [5.74, 6) is -0.284. The van der Waals surface area contributed by atoms with Crippen LogP contribution in [-0.2, 0) is 10.0 Å². The Bertz CT molecular complexity index is 989. The third-order valence-electron chi connectivity index (χ3n) is 5.13. The molecular weight excluding hydrogens is 433 g/mol. The van der Waals surface area contributed by atoms with Gasteiger partial charge in [0.25, 0.3) is 15.9 Å². The van der Waals surface area contributed by atoms with Gasteiger partial charge < -0.3 is 9.80 Å². The lowest BCUT2D eigenvalue weighted by molar-refractivity contribution is 0.0659. The molecule has 1 heterocycles. The number of rotatable bonds is 5. The molecule has 1 amide bonds. The Labute approximate surface area is 181 Å². The number of hydrogen-bond acceptors (Lipinski definition) is 4. The smallest absolute Gasteiger partial charge is 0.261 e. The van der Waals surface area contributed by atoms with Gasteiger partial charge in [0.15, 0.2) is 0 Å². The summed E-state index contributed by atoms with van der Waals surface area (Å²) in [5.41, 5.74) is 0.549. The molecule has 2 aromatic carbocycles. The van der Waals surface area contributed by atoms with Crippen LogP contribution in [0.5, 0.6) is 0 Å². The minimum atomic E-state index is -3.89. The number of hydrogen-bond donors (Lipinski definition) is 1. The molecule has 0 spiro atoms. The summed E-state index contributed by atoms with van der Waals surface area (Å²) in [6.45, 7) is 1.82. The van der Waals surface area contributed by atoms with Crippen molar-refractivity contribution in [2.75, 3.05) is 31.9 Å². The predicted octanol–water partition coefficient (Wildman–Crippen LogP) is 3.96. The fraction of sp³-hybridized carbons (Fsp3) is 0.350. The number of nitrogens with one attached hydrogen (secondary N) is 1. The Morgan fingerprint density at radius 1 is 1.10 bits per heavy atom. The fourth-order valence-electron chi connectivity index (χ4n) is 3.31. The molecule has 0 atom stereocenters. The zero-order valence-electron chi connectivity index (χ0n) is 16.2. The van der Waals surface area contributed by atoms with E-state index in [9.17, 15) is 13.2 Å². The highest BCUT2D eigenvalue weighted by Gasteiger charge is 2.27. The van der Waals surface area contributed by atoms with E-state index in [0.717, 1.165) is 25.9 Å². The van der Waals surface area contributed by atoms with E-state index >= 15 is 0 Å². The van der Waals surface area contributed by atoms with Crippen LogP contribution in [0.4, 0.5) is 5.69 Å². The summed E-state index contributed by atoms with van der Waals surface area (Å²) in [6, 6.07) is 10.6.